The van der Waals surface area contributed by atoms with Crippen molar-refractivity contribution >= 4 is 64.6 Å². The summed E-state index contributed by atoms with van der Waals surface area (Å²) in [6.07, 6.45) is 10.4. The lowest BCUT2D eigenvalue weighted by molar-refractivity contribution is 0.0146. The van der Waals surface area contributed by atoms with E-state index in [0.29, 0.717) is 126 Å². The van der Waals surface area contributed by atoms with Crippen LogP contribution in [0.15, 0.2) is 48.8 Å². The molecule has 2 aromatic carbocycles. The van der Waals surface area contributed by atoms with Gasteiger partial charge in [-0.1, -0.05) is 47.5 Å². The van der Waals surface area contributed by atoms with Crippen LogP contribution in [0.4, 0.5) is 28.3 Å². The number of ether oxygens (including phenoxy) is 1. The first-order valence-corrected chi connectivity index (χ1v) is 28.0. The van der Waals surface area contributed by atoms with Crippen molar-refractivity contribution in [3.63, 3.8) is 0 Å². The summed E-state index contributed by atoms with van der Waals surface area (Å²) in [6, 6.07) is 11.1. The largest absolute Gasteiger partial charge is 0.444 e. The second-order valence-electron chi connectivity index (χ2n) is 22.5. The fourth-order valence-corrected chi connectivity index (χ4v) is 10.8. The highest BCUT2D eigenvalue weighted by atomic mass is 35.5. The van der Waals surface area contributed by atoms with Gasteiger partial charge in [0.05, 0.1) is 13.2 Å². The van der Waals surface area contributed by atoms with E-state index < -0.39 is 5.60 Å². The van der Waals surface area contributed by atoms with Crippen LogP contribution in [0.5, 0.6) is 0 Å². The smallest absolute Gasteiger partial charge is 0.410 e. The Morgan fingerprint density at radius 1 is 0.649 bits per heavy atom. The van der Waals surface area contributed by atoms with Crippen LogP contribution < -0.4 is 36.4 Å². The van der Waals surface area contributed by atoms with Gasteiger partial charge in [-0.3, -0.25) is 19.4 Å². The molecule has 6 heterocycles. The van der Waals surface area contributed by atoms with Gasteiger partial charge in [0.1, 0.15) is 28.4 Å². The number of carbonyl (C=O) groups excluding carboxylic acids is 3. The maximum absolute atomic E-state index is 13.3. The number of nitrogens with zero attached hydrogens (tertiary/aromatic N) is 9. The van der Waals surface area contributed by atoms with Crippen LogP contribution in [-0.2, 0) is 31.0 Å². The molecule has 7 N–H and O–H groups in total. The Bertz CT molecular complexity index is 2710. The Morgan fingerprint density at radius 2 is 1.10 bits per heavy atom. The van der Waals surface area contributed by atoms with Crippen LogP contribution in [0.25, 0.3) is 0 Å². The molecule has 2 aliphatic carbocycles. The molecule has 0 unspecified atom stereocenters. The first-order valence-electron chi connectivity index (χ1n) is 27.3. The van der Waals surface area contributed by atoms with E-state index >= 15 is 0 Å². The zero-order valence-corrected chi connectivity index (χ0v) is 46.3. The number of amides is 3. The number of anilines is 4. The number of carbonyl (C=O) groups is 3. The minimum absolute atomic E-state index is 0.0998. The Hall–Kier alpha value is -5.61. The summed E-state index contributed by atoms with van der Waals surface area (Å²) < 4.78 is 5.48. The minimum Gasteiger partial charge on any atom is -0.444 e. The maximum atomic E-state index is 13.3. The van der Waals surface area contributed by atoms with Gasteiger partial charge in [-0.2, -0.15) is 9.97 Å². The number of aliphatic hydroxyl groups excluding tert-OH is 2. The highest BCUT2D eigenvalue weighted by Crippen LogP contribution is 2.54. The zero-order chi connectivity index (χ0) is 54.2. The number of benzene rings is 2. The van der Waals surface area contributed by atoms with Gasteiger partial charge in [-0.15, -0.1) is 0 Å². The van der Waals surface area contributed by atoms with E-state index in [9.17, 15) is 24.6 Å². The topological polar surface area (TPSA) is 229 Å². The summed E-state index contributed by atoms with van der Waals surface area (Å²) in [7, 11) is 0. The van der Waals surface area contributed by atoms with E-state index in [0.717, 1.165) is 76.5 Å². The average molecular weight is 1100 g/mol. The van der Waals surface area contributed by atoms with E-state index in [1.54, 1.807) is 23.4 Å². The molecule has 6 aliphatic rings. The summed E-state index contributed by atoms with van der Waals surface area (Å²) in [5.74, 6) is 1.88. The predicted octanol–water partition coefficient (Wildman–Crippen LogP) is 5.37. The zero-order valence-electron chi connectivity index (χ0n) is 44.8. The van der Waals surface area contributed by atoms with Crippen molar-refractivity contribution in [3.8, 4) is 0 Å². The quantitative estimate of drug-likeness (QED) is 0.0665. The normalized spacial score (nSPS) is 18.7. The number of piperazine rings is 2. The summed E-state index contributed by atoms with van der Waals surface area (Å²) in [4.78, 5) is 68.2. The van der Waals surface area contributed by atoms with Crippen molar-refractivity contribution in [2.75, 3.05) is 125 Å². The summed E-state index contributed by atoms with van der Waals surface area (Å²) in [5.41, 5.74) is 4.40. The lowest BCUT2D eigenvalue weighted by Crippen LogP contribution is -2.51. The Morgan fingerprint density at radius 3 is 1.51 bits per heavy atom. The molecule has 2 spiro atoms. The lowest BCUT2D eigenvalue weighted by Gasteiger charge is -2.35. The summed E-state index contributed by atoms with van der Waals surface area (Å²) in [5, 5.41) is 35.9. The molecule has 416 valence electrons. The van der Waals surface area contributed by atoms with Gasteiger partial charge >= 0.3 is 6.09 Å². The van der Waals surface area contributed by atoms with Crippen LogP contribution >= 0.6 is 23.2 Å². The molecule has 6 fully saturated rings. The minimum atomic E-state index is -0.514. The van der Waals surface area contributed by atoms with E-state index in [1.165, 1.54) is 32.1 Å². The van der Waals surface area contributed by atoms with Gasteiger partial charge in [0.25, 0.3) is 11.8 Å². The number of halogens is 2. The van der Waals surface area contributed by atoms with Crippen molar-refractivity contribution in [2.24, 2.45) is 10.8 Å². The first-order chi connectivity index (χ1) is 37.1. The molecule has 4 aliphatic heterocycles. The van der Waals surface area contributed by atoms with Crippen LogP contribution in [0.3, 0.4) is 0 Å². The fraction of sp³-hybridized carbons (Fsp3) is 0.582. The Labute approximate surface area is 462 Å². The number of hydrogen-bond acceptors (Lipinski definition) is 17. The molecule has 2 aromatic heterocycles. The molecule has 10 rings (SSSR count). The van der Waals surface area contributed by atoms with Crippen molar-refractivity contribution in [1.82, 2.24) is 50.6 Å². The second kappa shape index (κ2) is 25.0. The van der Waals surface area contributed by atoms with Crippen LogP contribution in [0, 0.1) is 10.8 Å². The van der Waals surface area contributed by atoms with E-state index in [-0.39, 0.29) is 31.1 Å². The Kier molecular flexibility index (Phi) is 18.2. The number of hydrogen-bond donors (Lipinski definition) is 7. The molecule has 0 radical (unpaired) electrons. The van der Waals surface area contributed by atoms with Crippen molar-refractivity contribution in [1.29, 1.82) is 0 Å². The first kappa shape index (κ1) is 56.1. The van der Waals surface area contributed by atoms with Gasteiger partial charge in [0.2, 0.25) is 11.9 Å². The molecule has 22 heteroatoms. The monoisotopic (exact) mass is 1100 g/mol. The molecule has 20 nitrogen and oxygen atoms in total. The maximum Gasteiger partial charge on any atom is 0.410 e. The van der Waals surface area contributed by atoms with Gasteiger partial charge in [-0.25, -0.2) is 14.8 Å². The average Bonchev–Trinajstić information content (AvgIpc) is 4.33. The molecule has 3 amide bonds. The number of aliphatic hydroxyl groups is 2. The SMILES string of the molecule is CC(C)(C)OC(=O)N1CCN(CCNC(=O)c2cnc(N3CCC4(CC4)C3)nc2NCc2ccc(CO)c(Cl)c2)CC1.O=C(NCCN1CCNCC1)c1cnc(N2CCC3(CC3)C2)nc1NCc1ccc(CO)c(Cl)c1. The van der Waals surface area contributed by atoms with Gasteiger partial charge in [0, 0.05) is 140 Å². The van der Waals surface area contributed by atoms with Crippen molar-refractivity contribution in [3.05, 3.63) is 92.2 Å². The molecule has 4 aromatic rings. The molecule has 0 bridgehead atoms. The van der Waals surface area contributed by atoms with E-state index in [4.69, 9.17) is 37.9 Å². The lowest BCUT2D eigenvalue weighted by atomic mass is 10.1. The number of aromatic nitrogens is 4. The standard InChI is InChI=1S/C30H42ClN7O4.C25H34ClN7O2/c1-29(2,3)42-28(41)37-14-12-36(13-15-37)11-9-32-26(40)23-18-34-27(38-10-8-30(20-38)6-7-30)35-25(23)33-17-21-4-5-22(19-39)24(31)16-21;26-21-13-18(1-2-19(21)16-34)14-29-22-20(23(35)28-8-12-32-10-6-27-7-11-32)15-30-24(31-22)33-9-5-25(17-33)3-4-25/h4-5,16,18,39H,6-15,17,19-20H2,1-3H3,(H,32,40)(H,33,34,35);1-2,13,15,27,34H,3-12,14,16-17H2,(H,28,35)(H,29,30,31). The van der Waals surface area contributed by atoms with Crippen LogP contribution in [0.1, 0.15) is 102 Å². The van der Waals surface area contributed by atoms with E-state index in [2.05, 4.69) is 56.2 Å². The third-order valence-electron chi connectivity index (χ3n) is 15.6. The molecule has 77 heavy (non-hydrogen) atoms. The van der Waals surface area contributed by atoms with Crippen molar-refractivity contribution < 1.29 is 29.3 Å². The Balaban J connectivity index is 0.000000191. The van der Waals surface area contributed by atoms with Crippen LogP contribution in [-0.4, -0.2) is 173 Å². The third-order valence-corrected chi connectivity index (χ3v) is 16.3. The molecule has 0 atom stereocenters. The third kappa shape index (κ3) is 15.2. The molecule has 4 saturated heterocycles. The highest BCUT2D eigenvalue weighted by Gasteiger charge is 2.49. The summed E-state index contributed by atoms with van der Waals surface area (Å²) in [6.45, 7) is 19.1. The summed E-state index contributed by atoms with van der Waals surface area (Å²) >= 11 is 12.6. The number of rotatable bonds is 18. The number of nitrogens with one attached hydrogen (secondary N) is 5. The van der Waals surface area contributed by atoms with Gasteiger partial charge < -0.3 is 56.2 Å². The van der Waals surface area contributed by atoms with Crippen molar-refractivity contribution in [2.45, 2.75) is 91.2 Å². The molecular formula is C55H76Cl2N14O6. The highest BCUT2D eigenvalue weighted by molar-refractivity contribution is 6.31. The van der Waals surface area contributed by atoms with Gasteiger partial charge in [0.15, 0.2) is 0 Å². The fourth-order valence-electron chi connectivity index (χ4n) is 10.3. The van der Waals surface area contributed by atoms with Gasteiger partial charge in [-0.05, 0) is 105 Å². The molecular weight excluding hydrogens is 1020 g/mol. The van der Waals surface area contributed by atoms with Crippen LogP contribution in [0.2, 0.25) is 10.0 Å². The second-order valence-corrected chi connectivity index (χ2v) is 23.3. The predicted molar refractivity (Wildman–Crippen MR) is 299 cm³/mol. The molecule has 2 saturated carbocycles. The van der Waals surface area contributed by atoms with E-state index in [1.807, 2.05) is 51.1 Å².